The van der Waals surface area contributed by atoms with Crippen molar-refractivity contribution in [2.75, 3.05) is 37.7 Å². The fourth-order valence-corrected chi connectivity index (χ4v) is 9.42. The number of para-hydroxylation sites is 2. The Bertz CT molecular complexity index is 2560. The maximum absolute atomic E-state index is 14.8. The predicted molar refractivity (Wildman–Crippen MR) is 253 cm³/mol. The molecule has 3 heterocycles. The third-order valence-corrected chi connectivity index (χ3v) is 12.6. The Morgan fingerprint density at radius 3 is 2.22 bits per heavy atom. The van der Waals surface area contributed by atoms with Crippen LogP contribution in [-0.2, 0) is 38.2 Å². The molecule has 334 valence electrons. The number of nitrogens with zero attached hydrogens (tertiary/aromatic N) is 4. The molecule has 0 radical (unpaired) electrons. The normalized spacial score (nSPS) is 17.6. The van der Waals surface area contributed by atoms with Crippen molar-refractivity contribution in [2.45, 2.75) is 118 Å². The summed E-state index contributed by atoms with van der Waals surface area (Å²) < 4.78 is 15.8. The Morgan fingerprint density at radius 2 is 1.52 bits per heavy atom. The lowest BCUT2D eigenvalue weighted by Gasteiger charge is -2.26. The van der Waals surface area contributed by atoms with Crippen LogP contribution in [-0.4, -0.2) is 64.3 Å². The maximum Gasteiger partial charge on any atom is 0.407 e. The van der Waals surface area contributed by atoms with Gasteiger partial charge in [-0.25, -0.2) is 14.4 Å². The van der Waals surface area contributed by atoms with Gasteiger partial charge in [0.05, 0.1) is 24.1 Å². The van der Waals surface area contributed by atoms with Gasteiger partial charge in [0.15, 0.2) is 5.71 Å². The Morgan fingerprint density at radius 1 is 0.825 bits per heavy atom. The Labute approximate surface area is 372 Å². The van der Waals surface area contributed by atoms with Crippen LogP contribution in [0, 0.1) is 6.92 Å². The van der Waals surface area contributed by atoms with Crippen LogP contribution in [0.25, 0.3) is 5.57 Å². The van der Waals surface area contributed by atoms with Gasteiger partial charge in [0, 0.05) is 65.3 Å². The SMILES string of the molecule is C=C(C)C(=O)OCCNC(=O)OCCn1c(C)c(C2=C(C=CC3=[N+](CCC)c4ccccc4C3(C)C)CCC2=CC=C2N(CCC)c3ccccc3C2(C)C)c(=O)n(CCC)c1=O. The van der Waals surface area contributed by atoms with Crippen molar-refractivity contribution in [1.82, 2.24) is 14.5 Å². The second-order valence-electron chi connectivity index (χ2n) is 17.8. The van der Waals surface area contributed by atoms with E-state index in [1.165, 1.54) is 38.5 Å². The molecule has 2 aliphatic heterocycles. The number of carbonyl (C=O) groups is 2. The zero-order valence-corrected chi connectivity index (χ0v) is 38.9. The smallest absolute Gasteiger partial charge is 0.407 e. The lowest BCUT2D eigenvalue weighted by atomic mass is 9.81. The standard InChI is InChI=1S/C52H65N5O6/c1-11-29-55-41-20-16-14-18-39(41)51(7,8)43(55)26-24-37-22-23-38(25-27-44-52(9,10)40-19-15-17-21-42(40)56(44)30-12-2)46(37)45-36(6)54(50(61)57(31-13-3)47(45)58)32-34-63-49(60)53-28-33-62-48(59)35(4)5/h14-21,24-27H,4,11-13,22-23,28-34H2,1-3,5-10H3/p+1. The summed E-state index contributed by atoms with van der Waals surface area (Å²) >= 11 is 0. The van der Waals surface area contributed by atoms with Gasteiger partial charge in [-0.3, -0.25) is 13.9 Å². The van der Waals surface area contributed by atoms with Crippen molar-refractivity contribution >= 4 is 34.7 Å². The molecule has 1 aliphatic carbocycles. The molecule has 1 amide bonds. The summed E-state index contributed by atoms with van der Waals surface area (Å²) in [6.07, 6.45) is 12.2. The van der Waals surface area contributed by atoms with Crippen LogP contribution in [0.2, 0.25) is 0 Å². The summed E-state index contributed by atoms with van der Waals surface area (Å²) in [6.45, 7) is 24.3. The summed E-state index contributed by atoms with van der Waals surface area (Å²) in [4.78, 5) is 55.7. The third kappa shape index (κ3) is 9.24. The number of rotatable bonds is 17. The molecule has 0 bridgehead atoms. The van der Waals surface area contributed by atoms with Gasteiger partial charge in [-0.05, 0) is 87.8 Å². The average molecular weight is 857 g/mol. The van der Waals surface area contributed by atoms with Crippen molar-refractivity contribution in [3.8, 4) is 0 Å². The molecule has 0 spiro atoms. The van der Waals surface area contributed by atoms with Gasteiger partial charge in [0.1, 0.15) is 19.8 Å². The van der Waals surface area contributed by atoms with Crippen molar-refractivity contribution < 1.29 is 23.6 Å². The molecular weight excluding hydrogens is 791 g/mol. The summed E-state index contributed by atoms with van der Waals surface area (Å²) in [5, 5.41) is 2.57. The van der Waals surface area contributed by atoms with Crippen molar-refractivity contribution in [3.05, 3.63) is 145 Å². The Hall–Kier alpha value is -5.97. The largest absolute Gasteiger partial charge is 0.460 e. The highest BCUT2D eigenvalue weighted by molar-refractivity contribution is 6.03. The summed E-state index contributed by atoms with van der Waals surface area (Å²) in [7, 11) is 0. The zero-order chi connectivity index (χ0) is 45.6. The minimum Gasteiger partial charge on any atom is -0.460 e. The van der Waals surface area contributed by atoms with E-state index in [1.54, 1.807) is 11.5 Å². The molecule has 0 saturated heterocycles. The quantitative estimate of drug-likeness (QED) is 0.0624. The van der Waals surface area contributed by atoms with E-state index < -0.39 is 17.8 Å². The number of fused-ring (bicyclic) bond motifs is 2. The number of benzene rings is 2. The van der Waals surface area contributed by atoms with Crippen LogP contribution in [0.1, 0.15) is 110 Å². The van der Waals surface area contributed by atoms with Gasteiger partial charge in [0.2, 0.25) is 5.69 Å². The molecular formula is C52H66N5O6+. The Balaban J connectivity index is 1.46. The van der Waals surface area contributed by atoms with Crippen LogP contribution in [0.4, 0.5) is 16.2 Å². The fraction of sp³-hybridized carbons (Fsp3) is 0.442. The molecule has 11 nitrogen and oxygen atoms in total. The molecule has 2 aromatic carbocycles. The molecule has 1 aromatic heterocycles. The molecule has 1 N–H and O–H groups in total. The number of aromatic nitrogens is 2. The number of hydrogen-bond donors (Lipinski definition) is 1. The van der Waals surface area contributed by atoms with E-state index in [0.717, 1.165) is 42.7 Å². The number of allylic oxidation sites excluding steroid dienone is 8. The average Bonchev–Trinajstić information content (AvgIpc) is 3.82. The molecule has 63 heavy (non-hydrogen) atoms. The highest BCUT2D eigenvalue weighted by atomic mass is 16.6. The number of alkyl carbamates (subject to hydrolysis) is 1. The van der Waals surface area contributed by atoms with E-state index in [2.05, 4.69) is 136 Å². The molecule has 0 saturated carbocycles. The Kier molecular flexibility index (Phi) is 14.5. The second kappa shape index (κ2) is 19.6. The topological polar surface area (TPSA) is 115 Å². The molecule has 0 fully saturated rings. The van der Waals surface area contributed by atoms with E-state index in [1.807, 2.05) is 13.8 Å². The minimum atomic E-state index is -0.709. The third-order valence-electron chi connectivity index (χ3n) is 12.6. The predicted octanol–water partition coefficient (Wildman–Crippen LogP) is 9.18. The second-order valence-corrected chi connectivity index (χ2v) is 17.8. The summed E-state index contributed by atoms with van der Waals surface area (Å²) in [5.41, 5.74) is 10.4. The number of anilines is 1. The van der Waals surface area contributed by atoms with Gasteiger partial charge in [0.25, 0.3) is 5.56 Å². The lowest BCUT2D eigenvalue weighted by Crippen LogP contribution is -2.43. The first-order chi connectivity index (χ1) is 30.1. The van der Waals surface area contributed by atoms with Gasteiger partial charge in [-0.2, -0.15) is 4.58 Å². The van der Waals surface area contributed by atoms with Crippen LogP contribution in [0.15, 0.2) is 111 Å². The van der Waals surface area contributed by atoms with E-state index in [-0.39, 0.29) is 54.8 Å². The van der Waals surface area contributed by atoms with Crippen molar-refractivity contribution in [1.29, 1.82) is 0 Å². The molecule has 0 atom stereocenters. The number of carbonyl (C=O) groups excluding carboxylic acids is 2. The number of nitrogens with one attached hydrogen (secondary N) is 1. The molecule has 0 unspecified atom stereocenters. The van der Waals surface area contributed by atoms with Crippen LogP contribution >= 0.6 is 0 Å². The fourth-order valence-electron chi connectivity index (χ4n) is 9.42. The van der Waals surface area contributed by atoms with E-state index in [9.17, 15) is 19.2 Å². The summed E-state index contributed by atoms with van der Waals surface area (Å²) in [6, 6.07) is 17.2. The van der Waals surface area contributed by atoms with Crippen LogP contribution in [0.5, 0.6) is 0 Å². The monoisotopic (exact) mass is 857 g/mol. The van der Waals surface area contributed by atoms with E-state index >= 15 is 0 Å². The number of hydrogen-bond acceptors (Lipinski definition) is 7. The lowest BCUT2D eigenvalue weighted by molar-refractivity contribution is -0.437. The van der Waals surface area contributed by atoms with E-state index in [4.69, 9.17) is 9.47 Å². The highest BCUT2D eigenvalue weighted by Crippen LogP contribution is 2.48. The summed E-state index contributed by atoms with van der Waals surface area (Å²) in [5.74, 6) is -0.541. The van der Waals surface area contributed by atoms with Crippen molar-refractivity contribution in [3.63, 3.8) is 0 Å². The van der Waals surface area contributed by atoms with Gasteiger partial charge < -0.3 is 19.7 Å². The zero-order valence-electron chi connectivity index (χ0n) is 38.9. The number of ether oxygens (including phenoxy) is 2. The molecule has 3 aromatic rings. The van der Waals surface area contributed by atoms with Crippen molar-refractivity contribution in [2.24, 2.45) is 0 Å². The molecule has 3 aliphatic rings. The number of esters is 1. The van der Waals surface area contributed by atoms with Gasteiger partial charge in [-0.15, -0.1) is 0 Å². The first-order valence-electron chi connectivity index (χ1n) is 22.6. The highest BCUT2D eigenvalue weighted by Gasteiger charge is 2.44. The minimum absolute atomic E-state index is 0.0372. The van der Waals surface area contributed by atoms with Crippen LogP contribution < -0.4 is 21.5 Å². The first-order valence-corrected chi connectivity index (χ1v) is 22.6. The van der Waals surface area contributed by atoms with Crippen LogP contribution in [0.3, 0.4) is 0 Å². The molecule has 6 rings (SSSR count). The maximum atomic E-state index is 14.8. The van der Waals surface area contributed by atoms with Gasteiger partial charge >= 0.3 is 17.8 Å². The van der Waals surface area contributed by atoms with Gasteiger partial charge in [-0.1, -0.05) is 89.7 Å². The molecule has 11 heteroatoms. The van der Waals surface area contributed by atoms with E-state index in [0.29, 0.717) is 30.5 Å². The first kappa shape index (κ1) is 46.5. The number of amides is 1.